The third kappa shape index (κ3) is 4.15. The van der Waals surface area contributed by atoms with E-state index in [1.807, 2.05) is 0 Å². The standard InChI is InChI=1S/C23H24O11/c1-30-11-5-3-10(4-6-11)13-7-12(25)17-14(32-13)8-15(19(27)22(17)31-2)33-23-21(29)20(28)18(26)16(9-24)34-23/h3-8,16,18,20-21,23-24,26-29H,9H2,1-2H3/t16-,18+,20-,21+,23+/m0/s1. The highest BCUT2D eigenvalue weighted by atomic mass is 16.7. The first-order valence-corrected chi connectivity index (χ1v) is 10.3. The fourth-order valence-electron chi connectivity index (χ4n) is 3.73. The zero-order chi connectivity index (χ0) is 24.6. The Kier molecular flexibility index (Phi) is 6.64. The third-order valence-corrected chi connectivity index (χ3v) is 5.58. The molecule has 3 aromatic rings. The maximum Gasteiger partial charge on any atom is 0.229 e. The predicted octanol–water partition coefficient (Wildman–Crippen LogP) is 0.361. The molecule has 4 rings (SSSR count). The second-order valence-electron chi connectivity index (χ2n) is 7.65. The Morgan fingerprint density at radius 3 is 2.29 bits per heavy atom. The number of hydrogen-bond acceptors (Lipinski definition) is 11. The van der Waals surface area contributed by atoms with E-state index in [1.54, 1.807) is 24.3 Å². The van der Waals surface area contributed by atoms with E-state index in [2.05, 4.69) is 0 Å². The molecule has 11 nitrogen and oxygen atoms in total. The van der Waals surface area contributed by atoms with Crippen molar-refractivity contribution >= 4 is 11.0 Å². The van der Waals surface area contributed by atoms with Gasteiger partial charge in [0.1, 0.15) is 46.9 Å². The number of fused-ring (bicyclic) bond motifs is 1. The molecule has 11 heteroatoms. The van der Waals surface area contributed by atoms with E-state index in [1.165, 1.54) is 26.4 Å². The quantitative estimate of drug-likeness (QED) is 0.333. The van der Waals surface area contributed by atoms with E-state index < -0.39 is 48.5 Å². The van der Waals surface area contributed by atoms with Crippen LogP contribution in [0, 0.1) is 0 Å². The van der Waals surface area contributed by atoms with Crippen LogP contribution in [0.5, 0.6) is 23.0 Å². The highest BCUT2D eigenvalue weighted by molar-refractivity contribution is 5.89. The molecule has 1 aromatic heterocycles. The number of ether oxygens (including phenoxy) is 4. The molecule has 1 aliphatic heterocycles. The predicted molar refractivity (Wildman–Crippen MR) is 117 cm³/mol. The van der Waals surface area contributed by atoms with Crippen molar-refractivity contribution in [3.63, 3.8) is 0 Å². The van der Waals surface area contributed by atoms with Gasteiger partial charge in [0.15, 0.2) is 16.9 Å². The first-order valence-electron chi connectivity index (χ1n) is 10.3. The highest BCUT2D eigenvalue weighted by Gasteiger charge is 2.45. The first kappa shape index (κ1) is 23.8. The maximum absolute atomic E-state index is 12.9. The second kappa shape index (κ2) is 9.49. The Bertz CT molecular complexity index is 1220. The molecule has 5 N–H and O–H groups in total. The van der Waals surface area contributed by atoms with Gasteiger partial charge in [0.2, 0.25) is 12.0 Å². The lowest BCUT2D eigenvalue weighted by Gasteiger charge is -2.39. The van der Waals surface area contributed by atoms with Gasteiger partial charge in [-0.25, -0.2) is 0 Å². The maximum atomic E-state index is 12.9. The van der Waals surface area contributed by atoms with Crippen LogP contribution >= 0.6 is 0 Å². The topological polar surface area (TPSA) is 168 Å². The molecule has 0 saturated carbocycles. The van der Waals surface area contributed by atoms with E-state index in [0.717, 1.165) is 0 Å². The van der Waals surface area contributed by atoms with Crippen LogP contribution < -0.4 is 19.6 Å². The first-order chi connectivity index (χ1) is 16.3. The van der Waals surface area contributed by atoms with Gasteiger partial charge in [-0.15, -0.1) is 0 Å². The summed E-state index contributed by atoms with van der Waals surface area (Å²) in [6.45, 7) is -0.655. The van der Waals surface area contributed by atoms with Crippen LogP contribution in [0.1, 0.15) is 0 Å². The van der Waals surface area contributed by atoms with Crippen LogP contribution in [-0.4, -0.2) is 77.1 Å². The number of methoxy groups -OCH3 is 2. The number of phenols is 1. The highest BCUT2D eigenvalue weighted by Crippen LogP contribution is 2.43. The fraction of sp³-hybridized carbons (Fsp3) is 0.348. The average molecular weight is 476 g/mol. The van der Waals surface area contributed by atoms with E-state index in [4.69, 9.17) is 23.4 Å². The number of aliphatic hydroxyl groups excluding tert-OH is 4. The number of phenolic OH excluding ortho intramolecular Hbond substituents is 1. The summed E-state index contributed by atoms with van der Waals surface area (Å²) >= 11 is 0. The number of aromatic hydroxyl groups is 1. The lowest BCUT2D eigenvalue weighted by molar-refractivity contribution is -0.277. The Hall–Kier alpha value is -3.35. The van der Waals surface area contributed by atoms with Crippen molar-refractivity contribution < 1.29 is 48.9 Å². The summed E-state index contributed by atoms with van der Waals surface area (Å²) in [5, 5.41) is 50.2. The minimum atomic E-state index is -1.71. The molecule has 1 fully saturated rings. The zero-order valence-electron chi connectivity index (χ0n) is 18.2. The van der Waals surface area contributed by atoms with Crippen LogP contribution in [0.3, 0.4) is 0 Å². The van der Waals surface area contributed by atoms with Gasteiger partial charge in [0.25, 0.3) is 0 Å². The molecule has 0 radical (unpaired) electrons. The van der Waals surface area contributed by atoms with Crippen LogP contribution in [0.25, 0.3) is 22.3 Å². The molecule has 182 valence electrons. The van der Waals surface area contributed by atoms with Crippen LogP contribution in [0.4, 0.5) is 0 Å². The lowest BCUT2D eigenvalue weighted by atomic mass is 9.99. The molecule has 0 bridgehead atoms. The number of rotatable bonds is 6. The molecule has 0 amide bonds. The smallest absolute Gasteiger partial charge is 0.229 e. The molecule has 2 aromatic carbocycles. The van der Waals surface area contributed by atoms with E-state index in [0.29, 0.717) is 11.3 Å². The molecule has 1 aliphatic rings. The summed E-state index contributed by atoms with van der Waals surface area (Å²) < 4.78 is 27.1. The Morgan fingerprint density at radius 2 is 1.68 bits per heavy atom. The third-order valence-electron chi connectivity index (χ3n) is 5.58. The SMILES string of the molecule is COc1ccc(-c2cc(=O)c3c(OC)c(O)c(O[C@@H]4O[C@@H](CO)[C@@H](O)[C@H](O)[C@H]4O)cc3o2)cc1. The molecule has 2 heterocycles. The fourth-order valence-corrected chi connectivity index (χ4v) is 3.73. The summed E-state index contributed by atoms with van der Waals surface area (Å²) in [4.78, 5) is 12.9. The van der Waals surface area contributed by atoms with Crippen LogP contribution in [0.2, 0.25) is 0 Å². The number of aliphatic hydroxyl groups is 4. The van der Waals surface area contributed by atoms with Crippen molar-refractivity contribution in [2.45, 2.75) is 30.7 Å². The number of hydrogen-bond donors (Lipinski definition) is 5. The zero-order valence-corrected chi connectivity index (χ0v) is 18.2. The minimum absolute atomic E-state index is 0.00700. The molecule has 34 heavy (non-hydrogen) atoms. The van der Waals surface area contributed by atoms with Gasteiger partial charge in [0.05, 0.1) is 20.8 Å². The second-order valence-corrected chi connectivity index (χ2v) is 7.65. The largest absolute Gasteiger partial charge is 0.502 e. The van der Waals surface area contributed by atoms with Crippen molar-refractivity contribution in [2.24, 2.45) is 0 Å². The number of benzene rings is 2. The van der Waals surface area contributed by atoms with Crippen molar-refractivity contribution in [1.29, 1.82) is 0 Å². The van der Waals surface area contributed by atoms with Gasteiger partial charge in [-0.3, -0.25) is 4.79 Å². The Labute approximate surface area is 192 Å². The van der Waals surface area contributed by atoms with Gasteiger partial charge in [-0.1, -0.05) is 0 Å². The Balaban J connectivity index is 1.78. The molecule has 1 saturated heterocycles. The summed E-state index contributed by atoms with van der Waals surface area (Å²) in [5.41, 5.74) is 0.106. The van der Waals surface area contributed by atoms with Gasteiger partial charge in [-0.05, 0) is 24.3 Å². The van der Waals surface area contributed by atoms with Crippen LogP contribution in [0.15, 0.2) is 45.6 Å². The molecule has 0 unspecified atom stereocenters. The van der Waals surface area contributed by atoms with Crippen molar-refractivity contribution in [2.75, 3.05) is 20.8 Å². The lowest BCUT2D eigenvalue weighted by Crippen LogP contribution is -2.60. The van der Waals surface area contributed by atoms with Crippen molar-refractivity contribution in [1.82, 2.24) is 0 Å². The van der Waals surface area contributed by atoms with E-state index in [9.17, 15) is 30.3 Å². The molecule has 0 spiro atoms. The normalized spacial score (nSPS) is 24.7. The summed E-state index contributed by atoms with van der Waals surface area (Å²) in [5.74, 6) is -0.243. The van der Waals surface area contributed by atoms with Gasteiger partial charge in [-0.2, -0.15) is 0 Å². The van der Waals surface area contributed by atoms with Crippen LogP contribution in [-0.2, 0) is 4.74 Å². The average Bonchev–Trinajstić information content (AvgIpc) is 2.85. The Morgan fingerprint density at radius 1 is 0.971 bits per heavy atom. The van der Waals surface area contributed by atoms with E-state index in [-0.39, 0.29) is 28.2 Å². The summed E-state index contributed by atoms with van der Waals surface area (Å²) in [6.07, 6.45) is -7.76. The van der Waals surface area contributed by atoms with Gasteiger partial charge < -0.3 is 48.9 Å². The molecule has 0 aliphatic carbocycles. The molecule has 5 atom stereocenters. The monoisotopic (exact) mass is 476 g/mol. The summed E-state index contributed by atoms with van der Waals surface area (Å²) in [7, 11) is 2.77. The van der Waals surface area contributed by atoms with Gasteiger partial charge in [0, 0.05) is 17.7 Å². The van der Waals surface area contributed by atoms with Crippen molar-refractivity contribution in [3.05, 3.63) is 46.6 Å². The van der Waals surface area contributed by atoms with Crippen molar-refractivity contribution in [3.8, 4) is 34.3 Å². The van der Waals surface area contributed by atoms with E-state index >= 15 is 0 Å². The molecular formula is C23H24O11. The summed E-state index contributed by atoms with van der Waals surface area (Å²) in [6, 6.07) is 9.26. The molecular weight excluding hydrogens is 452 g/mol. The van der Waals surface area contributed by atoms with Gasteiger partial charge >= 0.3 is 0 Å². The minimum Gasteiger partial charge on any atom is -0.502 e.